The van der Waals surface area contributed by atoms with E-state index in [1.54, 1.807) is 0 Å². The van der Waals surface area contributed by atoms with Crippen molar-refractivity contribution in [3.8, 4) is 6.07 Å². The van der Waals surface area contributed by atoms with Gasteiger partial charge in [-0.25, -0.2) is 0 Å². The Morgan fingerprint density at radius 1 is 1.29 bits per heavy atom. The average Bonchev–Trinajstić information content (AvgIpc) is 2.50. The van der Waals surface area contributed by atoms with Gasteiger partial charge in [0, 0.05) is 6.04 Å². The molecule has 0 aromatic heterocycles. The molecular weight excluding hydrogens is 208 g/mol. The fourth-order valence-corrected chi connectivity index (χ4v) is 2.99. The molecule has 0 N–H and O–H groups in total. The summed E-state index contributed by atoms with van der Waals surface area (Å²) in [5, 5.41) is 8.87. The zero-order valence-corrected chi connectivity index (χ0v) is 12.0. The zero-order chi connectivity index (χ0) is 12.9. The molecule has 0 radical (unpaired) electrons. The maximum atomic E-state index is 8.87. The summed E-state index contributed by atoms with van der Waals surface area (Å²) in [5.41, 5.74) is 0.437. The zero-order valence-electron chi connectivity index (χ0n) is 12.0. The normalized spacial score (nSPS) is 25.0. The van der Waals surface area contributed by atoms with Crippen molar-refractivity contribution in [3.63, 3.8) is 0 Å². The highest BCUT2D eigenvalue weighted by molar-refractivity contribution is 4.85. The van der Waals surface area contributed by atoms with Crippen LogP contribution < -0.4 is 0 Å². The maximum Gasteiger partial charge on any atom is 0.0638 e. The third-order valence-electron chi connectivity index (χ3n) is 4.30. The predicted molar refractivity (Wildman–Crippen MR) is 72.7 cm³/mol. The minimum absolute atomic E-state index is 0.437. The van der Waals surface area contributed by atoms with Crippen molar-refractivity contribution in [3.05, 3.63) is 0 Å². The van der Waals surface area contributed by atoms with Crippen molar-refractivity contribution in [1.82, 2.24) is 4.90 Å². The third kappa shape index (κ3) is 4.32. The van der Waals surface area contributed by atoms with Gasteiger partial charge in [-0.15, -0.1) is 0 Å². The second-order valence-electron chi connectivity index (χ2n) is 6.45. The standard InChI is InChI=1S/C15H28N2/c1-5-14(8-10-16)17-11-6-7-13(9-12-17)15(2,3)4/h13-14H,5-9,11-12H2,1-4H3. The summed E-state index contributed by atoms with van der Waals surface area (Å²) in [5.74, 6) is 0.840. The van der Waals surface area contributed by atoms with Crippen LogP contribution in [-0.2, 0) is 0 Å². The maximum absolute atomic E-state index is 8.87. The van der Waals surface area contributed by atoms with E-state index in [1.165, 1.54) is 32.4 Å². The first-order valence-corrected chi connectivity index (χ1v) is 7.10. The number of rotatable bonds is 3. The fourth-order valence-electron chi connectivity index (χ4n) is 2.99. The van der Waals surface area contributed by atoms with E-state index in [0.717, 1.165) is 12.3 Å². The highest BCUT2D eigenvalue weighted by Crippen LogP contribution is 2.34. The molecule has 2 atom stereocenters. The first kappa shape index (κ1) is 14.5. The van der Waals surface area contributed by atoms with E-state index in [4.69, 9.17) is 5.26 Å². The van der Waals surface area contributed by atoms with Gasteiger partial charge in [-0.2, -0.15) is 5.26 Å². The Balaban J connectivity index is 2.55. The van der Waals surface area contributed by atoms with Gasteiger partial charge in [-0.3, -0.25) is 4.90 Å². The van der Waals surface area contributed by atoms with Gasteiger partial charge in [0.25, 0.3) is 0 Å². The van der Waals surface area contributed by atoms with Crippen LogP contribution in [0.3, 0.4) is 0 Å². The minimum Gasteiger partial charge on any atom is -0.299 e. The number of likely N-dealkylation sites (tertiary alicyclic amines) is 1. The average molecular weight is 236 g/mol. The molecule has 1 fully saturated rings. The lowest BCUT2D eigenvalue weighted by molar-refractivity contribution is 0.179. The van der Waals surface area contributed by atoms with Crippen LogP contribution in [0.2, 0.25) is 0 Å². The van der Waals surface area contributed by atoms with Crippen LogP contribution >= 0.6 is 0 Å². The first-order chi connectivity index (χ1) is 7.99. The molecule has 2 unspecified atom stereocenters. The molecule has 1 rings (SSSR count). The summed E-state index contributed by atoms with van der Waals surface area (Å²) in [6.07, 6.45) is 5.74. The highest BCUT2D eigenvalue weighted by Gasteiger charge is 2.28. The second-order valence-corrected chi connectivity index (χ2v) is 6.45. The molecule has 0 saturated carbocycles. The van der Waals surface area contributed by atoms with E-state index >= 15 is 0 Å². The smallest absolute Gasteiger partial charge is 0.0638 e. The Morgan fingerprint density at radius 3 is 2.53 bits per heavy atom. The Hall–Kier alpha value is -0.550. The predicted octanol–water partition coefficient (Wildman–Crippen LogP) is 3.83. The second kappa shape index (κ2) is 6.40. The van der Waals surface area contributed by atoms with Gasteiger partial charge in [0.1, 0.15) is 0 Å². The van der Waals surface area contributed by atoms with Crippen LogP contribution in [0.25, 0.3) is 0 Å². The van der Waals surface area contributed by atoms with Gasteiger partial charge >= 0.3 is 0 Å². The topological polar surface area (TPSA) is 27.0 Å². The van der Waals surface area contributed by atoms with Crippen LogP contribution in [0.4, 0.5) is 0 Å². The molecule has 0 bridgehead atoms. The third-order valence-corrected chi connectivity index (χ3v) is 4.30. The number of nitriles is 1. The van der Waals surface area contributed by atoms with Gasteiger partial charge in [0.05, 0.1) is 12.5 Å². The quantitative estimate of drug-likeness (QED) is 0.744. The molecule has 1 aliphatic rings. The van der Waals surface area contributed by atoms with Gasteiger partial charge in [-0.1, -0.05) is 27.7 Å². The molecule has 0 amide bonds. The Labute approximate surface area is 107 Å². The summed E-state index contributed by atoms with van der Waals surface area (Å²) in [7, 11) is 0. The molecule has 2 nitrogen and oxygen atoms in total. The SMILES string of the molecule is CCC(CC#N)N1CCCC(C(C)(C)C)CC1. The minimum atomic E-state index is 0.437. The summed E-state index contributed by atoms with van der Waals surface area (Å²) in [4.78, 5) is 2.55. The Morgan fingerprint density at radius 2 is 2.00 bits per heavy atom. The van der Waals surface area contributed by atoms with Crippen molar-refractivity contribution in [1.29, 1.82) is 5.26 Å². The molecule has 1 aliphatic heterocycles. The van der Waals surface area contributed by atoms with Crippen molar-refractivity contribution in [2.24, 2.45) is 11.3 Å². The summed E-state index contributed by atoms with van der Waals surface area (Å²) < 4.78 is 0. The first-order valence-electron chi connectivity index (χ1n) is 7.10. The largest absolute Gasteiger partial charge is 0.299 e. The van der Waals surface area contributed by atoms with E-state index in [9.17, 15) is 0 Å². The number of nitrogens with zero attached hydrogens (tertiary/aromatic N) is 2. The lowest BCUT2D eigenvalue weighted by atomic mass is 9.77. The van der Waals surface area contributed by atoms with Gasteiger partial charge < -0.3 is 0 Å². The molecule has 1 saturated heterocycles. The van der Waals surface area contributed by atoms with E-state index in [0.29, 0.717) is 17.9 Å². The van der Waals surface area contributed by atoms with Crippen molar-refractivity contribution >= 4 is 0 Å². The van der Waals surface area contributed by atoms with E-state index in [2.05, 4.69) is 38.7 Å². The van der Waals surface area contributed by atoms with E-state index < -0.39 is 0 Å². The molecule has 2 heteroatoms. The fraction of sp³-hybridized carbons (Fsp3) is 0.933. The molecular formula is C15H28N2. The van der Waals surface area contributed by atoms with Crippen molar-refractivity contribution in [2.75, 3.05) is 13.1 Å². The van der Waals surface area contributed by atoms with Gasteiger partial charge in [0.15, 0.2) is 0 Å². The molecule has 0 aliphatic carbocycles. The number of hydrogen-bond acceptors (Lipinski definition) is 2. The lowest BCUT2D eigenvalue weighted by Crippen LogP contribution is -2.35. The Kier molecular flexibility index (Phi) is 5.46. The van der Waals surface area contributed by atoms with E-state index in [1.807, 2.05) is 0 Å². The molecule has 0 aromatic rings. The van der Waals surface area contributed by atoms with Crippen molar-refractivity contribution in [2.45, 2.75) is 65.8 Å². The molecule has 1 heterocycles. The molecule has 17 heavy (non-hydrogen) atoms. The Bertz CT molecular complexity index is 259. The van der Waals surface area contributed by atoms with E-state index in [-0.39, 0.29) is 0 Å². The number of hydrogen-bond donors (Lipinski definition) is 0. The highest BCUT2D eigenvalue weighted by atomic mass is 15.1. The van der Waals surface area contributed by atoms with Crippen LogP contribution in [0.1, 0.15) is 59.8 Å². The van der Waals surface area contributed by atoms with Crippen LogP contribution in [0.5, 0.6) is 0 Å². The molecule has 0 spiro atoms. The molecule has 0 aromatic carbocycles. The van der Waals surface area contributed by atoms with Crippen LogP contribution in [0.15, 0.2) is 0 Å². The van der Waals surface area contributed by atoms with Gasteiger partial charge in [0.2, 0.25) is 0 Å². The van der Waals surface area contributed by atoms with Gasteiger partial charge in [-0.05, 0) is 50.1 Å². The summed E-state index contributed by atoms with van der Waals surface area (Å²) in [6, 6.07) is 2.82. The lowest BCUT2D eigenvalue weighted by Gasteiger charge is -2.31. The van der Waals surface area contributed by atoms with Crippen LogP contribution in [-0.4, -0.2) is 24.0 Å². The van der Waals surface area contributed by atoms with Crippen molar-refractivity contribution < 1.29 is 0 Å². The van der Waals surface area contributed by atoms with Crippen LogP contribution in [0, 0.1) is 22.7 Å². The molecule has 98 valence electrons. The summed E-state index contributed by atoms with van der Waals surface area (Å²) >= 11 is 0. The monoisotopic (exact) mass is 236 g/mol. The summed E-state index contributed by atoms with van der Waals surface area (Å²) in [6.45, 7) is 11.7.